The average Bonchev–Trinajstić information content (AvgIpc) is 2.84. The van der Waals surface area contributed by atoms with Gasteiger partial charge in [-0.05, 0) is 64.6 Å². The topological polar surface area (TPSA) is 203 Å². The number of aliphatic hydroxyl groups excluding tert-OH is 2. The van der Waals surface area contributed by atoms with E-state index in [4.69, 9.17) is 42.5 Å². The van der Waals surface area contributed by atoms with Gasteiger partial charge in [0.1, 0.15) is 5.75 Å². The fourth-order valence-electron chi connectivity index (χ4n) is 4.20. The van der Waals surface area contributed by atoms with Crippen LogP contribution in [0.5, 0.6) is 5.75 Å². The van der Waals surface area contributed by atoms with Crippen molar-refractivity contribution < 1.29 is 44.7 Å². The minimum Gasteiger partial charge on any atom is -0.492 e. The van der Waals surface area contributed by atoms with Crippen molar-refractivity contribution in [3.8, 4) is 5.75 Å². The number of nitrogens with one attached hydrogen (secondary N) is 1. The first kappa shape index (κ1) is 30.6. The molecule has 1 fully saturated rings. The number of fused-ring (bicyclic) bond motifs is 1. The third-order valence-electron chi connectivity index (χ3n) is 6.11. The van der Waals surface area contributed by atoms with Crippen molar-refractivity contribution in [3.63, 3.8) is 0 Å². The van der Waals surface area contributed by atoms with Gasteiger partial charge in [-0.15, -0.1) is 0 Å². The van der Waals surface area contributed by atoms with E-state index >= 15 is 0 Å². The number of carbonyl (C=O) groups is 3. The summed E-state index contributed by atoms with van der Waals surface area (Å²) in [5.41, 5.74) is 7.22. The number of likely N-dealkylation sites (tertiary alicyclic amines) is 1. The van der Waals surface area contributed by atoms with Crippen molar-refractivity contribution in [2.75, 3.05) is 38.5 Å². The molecule has 1 aromatic carbocycles. The van der Waals surface area contributed by atoms with E-state index in [0.717, 1.165) is 44.3 Å². The van der Waals surface area contributed by atoms with Crippen LogP contribution < -0.4 is 15.8 Å². The first-order chi connectivity index (χ1) is 17.2. The number of nitrogen functional groups attached to an aromatic ring is 1. The molecule has 1 aromatic rings. The Balaban J connectivity index is 0.000000410. The highest BCUT2D eigenvalue weighted by Gasteiger charge is 2.29. The van der Waals surface area contributed by atoms with E-state index in [1.807, 2.05) is 13.8 Å². The van der Waals surface area contributed by atoms with Crippen molar-refractivity contribution >= 4 is 35.1 Å². The second kappa shape index (κ2) is 13.2. The predicted molar refractivity (Wildman–Crippen MR) is 135 cm³/mol. The molecule has 12 nitrogen and oxygen atoms in total. The lowest BCUT2D eigenvalue weighted by molar-refractivity contribution is -0.165. The summed E-state index contributed by atoms with van der Waals surface area (Å²) in [4.78, 5) is 34.6. The molecule has 3 rings (SSSR count). The van der Waals surface area contributed by atoms with Gasteiger partial charge in [-0.25, -0.2) is 9.59 Å². The summed E-state index contributed by atoms with van der Waals surface area (Å²) >= 11 is 6.23. The number of anilines is 1. The fraction of sp³-hybridized carbons (Fsp3) is 0.625. The number of β-amino-alcohol motifs (C(OH)–C–C–N with tert-alkyl or cyclic N) is 1. The minimum atomic E-state index is -2.27. The molecule has 0 radical (unpaired) electrons. The van der Waals surface area contributed by atoms with Crippen molar-refractivity contribution in [2.45, 2.75) is 57.3 Å². The molecular formula is C24H36ClN3O9. The molecule has 1 amide bonds. The van der Waals surface area contributed by atoms with E-state index in [1.54, 1.807) is 6.07 Å². The number of amides is 1. The predicted octanol–water partition coefficient (Wildman–Crippen LogP) is 0.337. The molecule has 1 saturated heterocycles. The van der Waals surface area contributed by atoms with Crippen LogP contribution in [0.4, 0.5) is 5.69 Å². The van der Waals surface area contributed by atoms with Crippen LogP contribution in [-0.4, -0.2) is 98.9 Å². The molecule has 37 heavy (non-hydrogen) atoms. The molecular weight excluding hydrogens is 510 g/mol. The second-order valence-corrected chi connectivity index (χ2v) is 10.3. The number of piperidine rings is 1. The van der Waals surface area contributed by atoms with Crippen LogP contribution in [0.15, 0.2) is 6.07 Å². The Labute approximate surface area is 220 Å². The number of nitrogens with two attached hydrogens (primary N) is 1. The molecule has 13 heteroatoms. The van der Waals surface area contributed by atoms with E-state index in [0.29, 0.717) is 47.6 Å². The summed E-state index contributed by atoms with van der Waals surface area (Å²) in [6, 6.07) is 1.61. The van der Waals surface area contributed by atoms with E-state index in [9.17, 15) is 19.5 Å². The van der Waals surface area contributed by atoms with E-state index < -0.39 is 29.7 Å². The van der Waals surface area contributed by atoms with Crippen LogP contribution >= 0.6 is 11.6 Å². The standard InChI is InChI=1S/C20H30ClN3O3.C4H6O6/c1-20(2,26)12-24-7-5-13(6-8-24)11-23-19(25)15-10-16(21)17(22)14-4-3-9-27-18(14)15;5-1(3(7)8)2(6)4(9)10/h10,13,26H,3-9,11-12,22H2,1-2H3,(H,23,25);1-2,5-6H,(H,7,8)(H,9,10)/t;1-,2-/m.1/s1. The number of benzene rings is 1. The monoisotopic (exact) mass is 545 g/mol. The molecule has 0 aromatic heterocycles. The molecule has 2 aliphatic rings. The third kappa shape index (κ3) is 9.00. The SMILES string of the molecule is CC(C)(O)CN1CCC(CNC(=O)c2cc(Cl)c(N)c3c2OCCC3)CC1.O=C(O)[C@H](O)[C@@H](O)C(=O)O. The first-order valence-corrected chi connectivity index (χ1v) is 12.4. The number of hydrogen-bond donors (Lipinski definition) is 7. The van der Waals surface area contributed by atoms with Crippen LogP contribution in [0.3, 0.4) is 0 Å². The lowest BCUT2D eigenvalue weighted by Gasteiger charge is -2.35. The van der Waals surface area contributed by atoms with Crippen LogP contribution in [0.2, 0.25) is 5.02 Å². The molecule has 8 N–H and O–H groups in total. The number of carbonyl (C=O) groups excluding carboxylic acids is 1. The zero-order valence-electron chi connectivity index (χ0n) is 20.9. The summed E-state index contributed by atoms with van der Waals surface area (Å²) in [6.07, 6.45) is -0.861. The zero-order chi connectivity index (χ0) is 27.9. The number of aliphatic carboxylic acids is 2. The van der Waals surface area contributed by atoms with Gasteiger partial charge in [-0.2, -0.15) is 0 Å². The van der Waals surface area contributed by atoms with Gasteiger partial charge in [-0.3, -0.25) is 4.79 Å². The van der Waals surface area contributed by atoms with Crippen LogP contribution in [0.25, 0.3) is 0 Å². The maximum absolute atomic E-state index is 12.7. The van der Waals surface area contributed by atoms with E-state index in [1.165, 1.54) is 0 Å². The Bertz CT molecular complexity index is 957. The Morgan fingerprint density at radius 1 is 1.19 bits per heavy atom. The lowest BCUT2D eigenvalue weighted by Crippen LogP contribution is -2.44. The molecule has 0 spiro atoms. The third-order valence-corrected chi connectivity index (χ3v) is 6.42. The van der Waals surface area contributed by atoms with Crippen LogP contribution in [0, 0.1) is 5.92 Å². The van der Waals surface area contributed by atoms with Crippen molar-refractivity contribution in [1.82, 2.24) is 10.2 Å². The Morgan fingerprint density at radius 3 is 2.27 bits per heavy atom. The number of hydrogen-bond acceptors (Lipinski definition) is 9. The molecule has 0 saturated carbocycles. The number of aliphatic hydroxyl groups is 3. The summed E-state index contributed by atoms with van der Waals surface area (Å²) in [5, 5.41) is 45.9. The highest BCUT2D eigenvalue weighted by molar-refractivity contribution is 6.33. The van der Waals surface area contributed by atoms with Gasteiger partial charge in [-0.1, -0.05) is 11.6 Å². The molecule has 0 unspecified atom stereocenters. The number of carboxylic acid groups (broad SMARTS) is 2. The van der Waals surface area contributed by atoms with Gasteiger partial charge in [0.15, 0.2) is 12.2 Å². The zero-order valence-corrected chi connectivity index (χ0v) is 21.7. The second-order valence-electron chi connectivity index (χ2n) is 9.89. The highest BCUT2D eigenvalue weighted by atomic mass is 35.5. The number of rotatable bonds is 8. The van der Waals surface area contributed by atoms with Crippen molar-refractivity contribution in [3.05, 3.63) is 22.2 Å². The molecule has 0 aliphatic carbocycles. The minimum absolute atomic E-state index is 0.158. The largest absolute Gasteiger partial charge is 0.492 e. The number of carboxylic acids is 2. The number of halogens is 1. The molecule has 208 valence electrons. The Kier molecular flexibility index (Phi) is 10.9. The van der Waals surface area contributed by atoms with Gasteiger partial charge in [0.2, 0.25) is 0 Å². The maximum atomic E-state index is 12.7. The molecule has 0 bridgehead atoms. The van der Waals surface area contributed by atoms with Crippen LogP contribution in [0.1, 0.15) is 49.0 Å². The van der Waals surface area contributed by atoms with Gasteiger partial charge >= 0.3 is 11.9 Å². The van der Waals surface area contributed by atoms with Crippen LogP contribution in [-0.2, 0) is 16.0 Å². The molecule has 2 aliphatic heterocycles. The first-order valence-electron chi connectivity index (χ1n) is 12.0. The summed E-state index contributed by atoms with van der Waals surface area (Å²) in [5.74, 6) is -2.67. The Hall–Kier alpha value is -2.64. The van der Waals surface area contributed by atoms with Gasteiger partial charge < -0.3 is 46.2 Å². The smallest absolute Gasteiger partial charge is 0.335 e. The number of ether oxygens (including phenoxy) is 1. The lowest BCUT2D eigenvalue weighted by atomic mass is 9.95. The van der Waals surface area contributed by atoms with Crippen molar-refractivity contribution in [2.24, 2.45) is 5.92 Å². The maximum Gasteiger partial charge on any atom is 0.335 e. The van der Waals surface area contributed by atoms with Crippen molar-refractivity contribution in [1.29, 1.82) is 0 Å². The molecule has 2 atom stereocenters. The molecule has 2 heterocycles. The van der Waals surface area contributed by atoms with Gasteiger partial charge in [0, 0.05) is 18.7 Å². The van der Waals surface area contributed by atoms with E-state index in [-0.39, 0.29) is 5.91 Å². The average molecular weight is 546 g/mol. The highest BCUT2D eigenvalue weighted by Crippen LogP contribution is 2.38. The summed E-state index contributed by atoms with van der Waals surface area (Å²) in [6.45, 7) is 7.45. The van der Waals surface area contributed by atoms with Gasteiger partial charge in [0.25, 0.3) is 5.91 Å². The normalized spacial score (nSPS) is 17.9. The summed E-state index contributed by atoms with van der Waals surface area (Å²) < 4.78 is 5.73. The Morgan fingerprint density at radius 2 is 1.76 bits per heavy atom. The summed E-state index contributed by atoms with van der Waals surface area (Å²) in [7, 11) is 0. The quantitative estimate of drug-likeness (QED) is 0.222. The number of nitrogens with zero attached hydrogens (tertiary/aromatic N) is 1. The van der Waals surface area contributed by atoms with E-state index in [2.05, 4.69) is 10.2 Å². The van der Waals surface area contributed by atoms with Gasteiger partial charge in [0.05, 0.1) is 28.5 Å². The fourth-order valence-corrected chi connectivity index (χ4v) is 4.43.